The summed E-state index contributed by atoms with van der Waals surface area (Å²) in [4.78, 5) is 25.7. The molecule has 2 N–H and O–H groups in total. The third-order valence-corrected chi connectivity index (χ3v) is 5.10. The quantitative estimate of drug-likeness (QED) is 0.898. The minimum atomic E-state index is -0.842. The minimum Gasteiger partial charge on any atom is -0.481 e. The second kappa shape index (κ2) is 6.70. The van der Waals surface area contributed by atoms with Crippen LogP contribution < -0.4 is 0 Å². The molecule has 1 aliphatic heterocycles. The van der Waals surface area contributed by atoms with Crippen LogP contribution >= 0.6 is 0 Å². The highest BCUT2D eigenvalue weighted by Gasteiger charge is 2.33. The first-order chi connectivity index (χ1) is 11.9. The Labute approximate surface area is 146 Å². The maximum Gasteiger partial charge on any atom is 0.308 e. The lowest BCUT2D eigenvalue weighted by Crippen LogP contribution is -2.47. The average molecular weight is 341 g/mol. The molecule has 3 rings (SSSR count). The van der Waals surface area contributed by atoms with Gasteiger partial charge in [0.15, 0.2) is 0 Å². The topological polar surface area (TPSA) is 86.3 Å². The first kappa shape index (κ1) is 17.2. The van der Waals surface area contributed by atoms with Crippen molar-refractivity contribution in [2.75, 3.05) is 6.54 Å². The molecule has 25 heavy (non-hydrogen) atoms. The maximum atomic E-state index is 12.8. The van der Waals surface area contributed by atoms with Crippen LogP contribution in [0, 0.1) is 19.8 Å². The predicted octanol–water partition coefficient (Wildman–Crippen LogP) is 3.02. The molecule has 2 heterocycles. The number of carboxylic acids is 1. The van der Waals surface area contributed by atoms with Gasteiger partial charge in [0, 0.05) is 18.2 Å². The Kier molecular flexibility index (Phi) is 4.61. The molecule has 2 unspecified atom stereocenters. The van der Waals surface area contributed by atoms with Crippen LogP contribution in [0.1, 0.15) is 41.4 Å². The van der Waals surface area contributed by atoms with Gasteiger partial charge in [0.05, 0.1) is 11.6 Å². The number of aliphatic carboxylic acids is 1. The van der Waals surface area contributed by atoms with Crippen LogP contribution in [0.25, 0.3) is 11.3 Å². The van der Waals surface area contributed by atoms with E-state index in [0.29, 0.717) is 24.2 Å². The molecule has 2 aromatic rings. The van der Waals surface area contributed by atoms with E-state index in [-0.39, 0.29) is 18.5 Å². The first-order valence-electron chi connectivity index (χ1n) is 8.53. The third kappa shape index (κ3) is 3.43. The zero-order valence-electron chi connectivity index (χ0n) is 14.7. The average Bonchev–Trinajstić information content (AvgIpc) is 3.07. The van der Waals surface area contributed by atoms with Gasteiger partial charge in [-0.1, -0.05) is 12.1 Å². The number of hydrogen-bond donors (Lipinski definition) is 2. The number of rotatable bonds is 3. The number of nitrogens with zero attached hydrogens (tertiary/aromatic N) is 2. The molecule has 0 bridgehead atoms. The van der Waals surface area contributed by atoms with Crippen LogP contribution in [0.15, 0.2) is 24.3 Å². The number of aromatic nitrogens is 2. The van der Waals surface area contributed by atoms with Crippen LogP contribution in [-0.2, 0) is 4.79 Å². The molecule has 0 saturated carbocycles. The number of nitrogens with one attached hydrogen (secondary N) is 1. The van der Waals surface area contributed by atoms with Crippen molar-refractivity contribution in [3.05, 3.63) is 41.1 Å². The van der Waals surface area contributed by atoms with Crippen molar-refractivity contribution in [3.63, 3.8) is 0 Å². The van der Waals surface area contributed by atoms with Gasteiger partial charge in [0.1, 0.15) is 5.69 Å². The Morgan fingerprint density at radius 2 is 1.96 bits per heavy atom. The van der Waals surface area contributed by atoms with Gasteiger partial charge < -0.3 is 10.0 Å². The van der Waals surface area contributed by atoms with Gasteiger partial charge >= 0.3 is 5.97 Å². The molecular weight excluding hydrogens is 318 g/mol. The predicted molar refractivity (Wildman–Crippen MR) is 94.4 cm³/mol. The largest absolute Gasteiger partial charge is 0.481 e. The summed E-state index contributed by atoms with van der Waals surface area (Å²) in [5, 5.41) is 16.3. The smallest absolute Gasteiger partial charge is 0.308 e. The summed E-state index contributed by atoms with van der Waals surface area (Å²) in [7, 11) is 0. The Bertz CT molecular complexity index is 812. The summed E-state index contributed by atoms with van der Waals surface area (Å²) >= 11 is 0. The molecule has 0 radical (unpaired) electrons. The number of carbonyl (C=O) groups excluding carboxylic acids is 1. The molecule has 6 heteroatoms. The van der Waals surface area contributed by atoms with Gasteiger partial charge in [-0.15, -0.1) is 0 Å². The maximum absolute atomic E-state index is 12.8. The van der Waals surface area contributed by atoms with E-state index in [1.165, 1.54) is 11.1 Å². The van der Waals surface area contributed by atoms with Gasteiger partial charge in [0.25, 0.3) is 5.91 Å². The lowest BCUT2D eigenvalue weighted by atomic mass is 9.93. The van der Waals surface area contributed by atoms with Gasteiger partial charge in [-0.25, -0.2) is 0 Å². The van der Waals surface area contributed by atoms with Crippen molar-refractivity contribution in [3.8, 4) is 11.3 Å². The summed E-state index contributed by atoms with van der Waals surface area (Å²) in [6.07, 6.45) is 1.30. The Balaban J connectivity index is 1.82. The van der Waals surface area contributed by atoms with E-state index in [1.54, 1.807) is 11.0 Å². The molecule has 1 aromatic carbocycles. The number of piperidine rings is 1. The number of aromatic amines is 1. The van der Waals surface area contributed by atoms with E-state index < -0.39 is 11.9 Å². The number of carbonyl (C=O) groups is 2. The van der Waals surface area contributed by atoms with Gasteiger partial charge in [-0.05, 0) is 56.9 Å². The fourth-order valence-electron chi connectivity index (χ4n) is 3.23. The molecular formula is C19H23N3O3. The summed E-state index contributed by atoms with van der Waals surface area (Å²) < 4.78 is 0. The normalized spacial score (nSPS) is 20.5. The Morgan fingerprint density at radius 1 is 1.20 bits per heavy atom. The fourth-order valence-corrected chi connectivity index (χ4v) is 3.23. The number of likely N-dealkylation sites (tertiary alicyclic amines) is 1. The SMILES string of the molecule is Cc1ccc(-c2cc(C(=O)N3CC(C(=O)O)CCC3C)[nH]n2)cc1C. The molecule has 1 aliphatic rings. The monoisotopic (exact) mass is 341 g/mol. The molecule has 0 spiro atoms. The summed E-state index contributed by atoms with van der Waals surface area (Å²) in [5.41, 5.74) is 4.44. The van der Waals surface area contributed by atoms with Crippen molar-refractivity contribution in [1.29, 1.82) is 0 Å². The zero-order chi connectivity index (χ0) is 18.1. The van der Waals surface area contributed by atoms with Gasteiger partial charge in [-0.2, -0.15) is 5.10 Å². The highest BCUT2D eigenvalue weighted by molar-refractivity contribution is 5.94. The second-order valence-corrected chi connectivity index (χ2v) is 6.88. The highest BCUT2D eigenvalue weighted by atomic mass is 16.4. The summed E-state index contributed by atoms with van der Waals surface area (Å²) in [6.45, 7) is 6.29. The van der Waals surface area contributed by atoms with Gasteiger partial charge in [-0.3, -0.25) is 14.7 Å². The highest BCUT2D eigenvalue weighted by Crippen LogP contribution is 2.25. The molecule has 2 atom stereocenters. The third-order valence-electron chi connectivity index (χ3n) is 5.10. The van der Waals surface area contributed by atoms with Gasteiger partial charge in [0.2, 0.25) is 0 Å². The van der Waals surface area contributed by atoms with Crippen molar-refractivity contribution in [2.45, 2.75) is 39.7 Å². The van der Waals surface area contributed by atoms with E-state index in [2.05, 4.69) is 17.1 Å². The van der Waals surface area contributed by atoms with E-state index in [4.69, 9.17) is 0 Å². The van der Waals surface area contributed by atoms with Crippen LogP contribution in [0.3, 0.4) is 0 Å². The van der Waals surface area contributed by atoms with Crippen molar-refractivity contribution < 1.29 is 14.7 Å². The molecule has 1 saturated heterocycles. The van der Waals surface area contributed by atoms with E-state index >= 15 is 0 Å². The van der Waals surface area contributed by atoms with E-state index in [0.717, 1.165) is 5.56 Å². The van der Waals surface area contributed by atoms with E-state index in [1.807, 2.05) is 32.0 Å². The number of hydrogen-bond acceptors (Lipinski definition) is 3. The number of H-pyrrole nitrogens is 1. The van der Waals surface area contributed by atoms with Crippen LogP contribution in [0.4, 0.5) is 0 Å². The van der Waals surface area contributed by atoms with Crippen LogP contribution in [-0.4, -0.2) is 44.7 Å². The van der Waals surface area contributed by atoms with Crippen molar-refractivity contribution in [1.82, 2.24) is 15.1 Å². The van der Waals surface area contributed by atoms with Crippen LogP contribution in [0.2, 0.25) is 0 Å². The van der Waals surface area contributed by atoms with Crippen molar-refractivity contribution in [2.24, 2.45) is 5.92 Å². The number of amides is 1. The first-order valence-corrected chi connectivity index (χ1v) is 8.53. The Hall–Kier alpha value is -2.63. The fraction of sp³-hybridized carbons (Fsp3) is 0.421. The lowest BCUT2D eigenvalue weighted by Gasteiger charge is -2.36. The zero-order valence-corrected chi connectivity index (χ0v) is 14.7. The minimum absolute atomic E-state index is 0.0245. The molecule has 6 nitrogen and oxygen atoms in total. The molecule has 1 aromatic heterocycles. The second-order valence-electron chi connectivity index (χ2n) is 6.88. The summed E-state index contributed by atoms with van der Waals surface area (Å²) in [6, 6.07) is 7.83. The van der Waals surface area contributed by atoms with Crippen molar-refractivity contribution >= 4 is 11.9 Å². The van der Waals surface area contributed by atoms with E-state index in [9.17, 15) is 14.7 Å². The standard InChI is InChI=1S/C19H23N3O3/c1-11-4-6-14(8-12(11)2)16-9-17(21-20-16)18(23)22-10-15(19(24)25)7-5-13(22)3/h4,6,8-9,13,15H,5,7,10H2,1-3H3,(H,20,21)(H,24,25). The molecule has 132 valence electrons. The lowest BCUT2D eigenvalue weighted by molar-refractivity contribution is -0.143. The van der Waals surface area contributed by atoms with Crippen LogP contribution in [0.5, 0.6) is 0 Å². The molecule has 1 amide bonds. The number of carboxylic acid groups (broad SMARTS) is 1. The molecule has 0 aliphatic carbocycles. The number of benzene rings is 1. The molecule has 1 fully saturated rings. The number of aryl methyl sites for hydroxylation is 2. The summed E-state index contributed by atoms with van der Waals surface area (Å²) in [5.74, 6) is -1.53. The Morgan fingerprint density at radius 3 is 2.64 bits per heavy atom.